The van der Waals surface area contributed by atoms with E-state index in [2.05, 4.69) is 51.2 Å². The van der Waals surface area contributed by atoms with Crippen molar-refractivity contribution in [1.29, 1.82) is 0 Å². The molecule has 0 saturated carbocycles. The second-order valence-corrected chi connectivity index (χ2v) is 9.37. The lowest BCUT2D eigenvalue weighted by molar-refractivity contribution is 0.00578. The average molecular weight is 359 g/mol. The Morgan fingerprint density at radius 2 is 1.69 bits per heavy atom. The number of benzene rings is 1. The van der Waals surface area contributed by atoms with Gasteiger partial charge in [-0.05, 0) is 77.9 Å². The number of ether oxygens (including phenoxy) is 1. The molecule has 5 nitrogen and oxygen atoms in total. The van der Waals surface area contributed by atoms with E-state index in [0.29, 0.717) is 0 Å². The van der Waals surface area contributed by atoms with Crippen molar-refractivity contribution in [2.45, 2.75) is 84.2 Å². The summed E-state index contributed by atoms with van der Waals surface area (Å²) in [6, 6.07) is 6.39. The van der Waals surface area contributed by atoms with Crippen LogP contribution < -0.4 is 10.8 Å². The fourth-order valence-corrected chi connectivity index (χ4v) is 3.34. The molecule has 1 aliphatic carbocycles. The van der Waals surface area contributed by atoms with E-state index in [1.807, 2.05) is 20.8 Å². The molecule has 0 unspecified atom stereocenters. The minimum atomic E-state index is -0.487. The number of carbonyl (C=O) groups excluding carboxylic acids is 1. The number of fused-ring (bicyclic) bond motifs is 1. The van der Waals surface area contributed by atoms with E-state index in [1.54, 1.807) is 0 Å². The Morgan fingerprint density at radius 1 is 1.12 bits per heavy atom. The lowest BCUT2D eigenvalue weighted by Gasteiger charge is -2.32. The van der Waals surface area contributed by atoms with E-state index >= 15 is 0 Å². The van der Waals surface area contributed by atoms with E-state index in [0.717, 1.165) is 18.3 Å². The van der Waals surface area contributed by atoms with Crippen molar-refractivity contribution in [2.75, 3.05) is 0 Å². The summed E-state index contributed by atoms with van der Waals surface area (Å²) in [5, 5.41) is 2.97. The van der Waals surface area contributed by atoms with Crippen molar-refractivity contribution in [3.05, 3.63) is 29.3 Å². The molecule has 1 aliphatic heterocycles. The van der Waals surface area contributed by atoms with E-state index < -0.39 is 5.60 Å². The van der Waals surface area contributed by atoms with Gasteiger partial charge in [0.2, 0.25) is 0 Å². The fourth-order valence-electron chi connectivity index (χ4n) is 3.34. The third kappa shape index (κ3) is 3.91. The summed E-state index contributed by atoms with van der Waals surface area (Å²) < 4.78 is 17.6. The highest BCUT2D eigenvalue weighted by Gasteiger charge is 2.51. The Labute approximate surface area is 156 Å². The molecule has 2 aliphatic rings. The van der Waals surface area contributed by atoms with Crippen LogP contribution in [-0.4, -0.2) is 36.1 Å². The van der Waals surface area contributed by atoms with Crippen molar-refractivity contribution in [3.8, 4) is 0 Å². The van der Waals surface area contributed by atoms with Crippen LogP contribution in [0.1, 0.15) is 59.6 Å². The maximum Gasteiger partial charge on any atom is 0.494 e. The zero-order chi connectivity index (χ0) is 19.3. The first-order chi connectivity index (χ1) is 11.9. The number of hydrogen-bond donors (Lipinski definition) is 1. The first-order valence-electron chi connectivity index (χ1n) is 9.33. The molecular weight excluding hydrogens is 329 g/mol. The molecule has 26 heavy (non-hydrogen) atoms. The van der Waals surface area contributed by atoms with Crippen LogP contribution in [-0.2, 0) is 26.9 Å². The van der Waals surface area contributed by atoms with Crippen molar-refractivity contribution < 1.29 is 18.8 Å². The minimum absolute atomic E-state index is 0.0633. The van der Waals surface area contributed by atoms with Gasteiger partial charge in [-0.1, -0.05) is 18.2 Å². The fraction of sp³-hybridized carbons (Fsp3) is 0.650. The molecule has 1 atom stereocenters. The van der Waals surface area contributed by atoms with Gasteiger partial charge in [0.15, 0.2) is 0 Å². The third-order valence-electron chi connectivity index (χ3n) is 5.41. The number of amides is 1. The lowest BCUT2D eigenvalue weighted by atomic mass is 9.78. The van der Waals surface area contributed by atoms with Gasteiger partial charge in [0.1, 0.15) is 5.60 Å². The molecule has 1 fully saturated rings. The van der Waals surface area contributed by atoms with Crippen molar-refractivity contribution >= 4 is 18.7 Å². The van der Waals surface area contributed by atoms with Gasteiger partial charge >= 0.3 is 13.2 Å². The van der Waals surface area contributed by atoms with Crippen LogP contribution in [0.2, 0.25) is 0 Å². The predicted molar refractivity (Wildman–Crippen MR) is 103 cm³/mol. The highest BCUT2D eigenvalue weighted by molar-refractivity contribution is 6.62. The molecule has 1 saturated heterocycles. The molecule has 0 aromatic heterocycles. The third-order valence-corrected chi connectivity index (χ3v) is 5.41. The summed E-state index contributed by atoms with van der Waals surface area (Å²) >= 11 is 0. The minimum Gasteiger partial charge on any atom is -0.444 e. The van der Waals surface area contributed by atoms with E-state index in [1.165, 1.54) is 11.1 Å². The van der Waals surface area contributed by atoms with Gasteiger partial charge in [0.05, 0.1) is 11.2 Å². The van der Waals surface area contributed by atoms with Crippen LogP contribution in [0.5, 0.6) is 0 Å². The second kappa shape index (κ2) is 6.27. The van der Waals surface area contributed by atoms with Gasteiger partial charge in [-0.2, -0.15) is 0 Å². The molecule has 142 valence electrons. The van der Waals surface area contributed by atoms with E-state index in [9.17, 15) is 4.79 Å². The normalized spacial score (nSPS) is 23.7. The number of alkyl carbamates (subject to hydrolysis) is 1. The first-order valence-corrected chi connectivity index (χ1v) is 9.33. The van der Waals surface area contributed by atoms with Crippen LogP contribution in [0.3, 0.4) is 0 Å². The Hall–Kier alpha value is -1.53. The number of nitrogens with one attached hydrogen (secondary N) is 1. The van der Waals surface area contributed by atoms with Crippen molar-refractivity contribution in [2.24, 2.45) is 0 Å². The standard InChI is InChI=1S/C20H30BNO4/c1-18(2,3)24-17(23)22-16-11-13-8-9-15(10-14(13)12-16)21-25-19(4,5)20(6,7)26-21/h8-10,16H,11-12H2,1-7H3,(H,22,23)/t16-/m1/s1. The second-order valence-electron chi connectivity index (χ2n) is 9.37. The van der Waals surface area contributed by atoms with Crippen molar-refractivity contribution in [3.63, 3.8) is 0 Å². The highest BCUT2D eigenvalue weighted by Crippen LogP contribution is 2.36. The average Bonchev–Trinajstić information content (AvgIpc) is 2.93. The van der Waals surface area contributed by atoms with Crippen LogP contribution in [0.25, 0.3) is 0 Å². The Kier molecular flexibility index (Phi) is 4.64. The largest absolute Gasteiger partial charge is 0.494 e. The van der Waals surface area contributed by atoms with E-state index in [-0.39, 0.29) is 30.5 Å². The van der Waals surface area contributed by atoms with Gasteiger partial charge in [-0.3, -0.25) is 0 Å². The summed E-state index contributed by atoms with van der Waals surface area (Å²) in [6.07, 6.45) is 1.25. The number of rotatable bonds is 2. The van der Waals surface area contributed by atoms with E-state index in [4.69, 9.17) is 14.0 Å². The van der Waals surface area contributed by atoms with Crippen LogP contribution >= 0.6 is 0 Å². The molecule has 0 bridgehead atoms. The Morgan fingerprint density at radius 3 is 2.27 bits per heavy atom. The van der Waals surface area contributed by atoms with Crippen molar-refractivity contribution in [1.82, 2.24) is 5.32 Å². The molecule has 6 heteroatoms. The molecule has 1 amide bonds. The Bertz CT molecular complexity index is 692. The Balaban J connectivity index is 1.67. The number of carbonyl (C=O) groups is 1. The maximum absolute atomic E-state index is 12.0. The zero-order valence-electron chi connectivity index (χ0n) is 16.9. The molecule has 3 rings (SSSR count). The summed E-state index contributed by atoms with van der Waals surface area (Å²) in [5.74, 6) is 0. The smallest absolute Gasteiger partial charge is 0.444 e. The maximum atomic E-state index is 12.0. The number of hydrogen-bond acceptors (Lipinski definition) is 4. The monoisotopic (exact) mass is 359 g/mol. The van der Waals surface area contributed by atoms with Gasteiger partial charge in [0, 0.05) is 6.04 Å². The molecule has 1 N–H and O–H groups in total. The van der Waals surface area contributed by atoms with Gasteiger partial charge < -0.3 is 19.4 Å². The molecule has 0 radical (unpaired) electrons. The van der Waals surface area contributed by atoms with Crippen LogP contribution in [0, 0.1) is 0 Å². The lowest BCUT2D eigenvalue weighted by Crippen LogP contribution is -2.41. The quantitative estimate of drug-likeness (QED) is 0.825. The molecule has 1 aromatic rings. The predicted octanol–water partition coefficient (Wildman–Crippen LogP) is 2.98. The van der Waals surface area contributed by atoms with Crippen LogP contribution in [0.15, 0.2) is 18.2 Å². The SMILES string of the molecule is CC(C)(C)OC(=O)N[C@@H]1Cc2ccc(B3OC(C)(C)C(C)(C)O3)cc2C1. The summed E-state index contributed by atoms with van der Waals surface area (Å²) in [7, 11) is -0.358. The summed E-state index contributed by atoms with van der Waals surface area (Å²) in [4.78, 5) is 12.0. The first kappa shape index (κ1) is 19.2. The molecule has 1 aromatic carbocycles. The summed E-state index contributed by atoms with van der Waals surface area (Å²) in [6.45, 7) is 13.8. The zero-order valence-corrected chi connectivity index (χ0v) is 16.9. The van der Waals surface area contributed by atoms with Gasteiger partial charge in [-0.25, -0.2) is 4.79 Å². The van der Waals surface area contributed by atoms with Crippen LogP contribution in [0.4, 0.5) is 4.79 Å². The van der Waals surface area contributed by atoms with Gasteiger partial charge in [-0.15, -0.1) is 0 Å². The summed E-state index contributed by atoms with van der Waals surface area (Å²) in [5.41, 5.74) is 2.33. The molecular formula is C20H30BNO4. The molecule has 1 heterocycles. The topological polar surface area (TPSA) is 56.8 Å². The van der Waals surface area contributed by atoms with Gasteiger partial charge in [0.25, 0.3) is 0 Å². The molecule has 0 spiro atoms. The highest BCUT2D eigenvalue weighted by atomic mass is 16.7.